The van der Waals surface area contributed by atoms with Crippen molar-refractivity contribution in [3.63, 3.8) is 0 Å². The van der Waals surface area contributed by atoms with E-state index in [9.17, 15) is 0 Å². The maximum absolute atomic E-state index is 6.83. The predicted octanol–water partition coefficient (Wildman–Crippen LogP) is 14.2. The van der Waals surface area contributed by atoms with Crippen molar-refractivity contribution in [2.45, 2.75) is 0 Å². The number of aryl methyl sites for hydroxylation is 2. The van der Waals surface area contributed by atoms with Crippen LogP contribution in [0.15, 0.2) is 206 Å². The zero-order chi connectivity index (χ0) is 45.7. The van der Waals surface area contributed by atoms with Gasteiger partial charge in [-0.25, -0.2) is 4.98 Å². The number of hydrogen-bond donors (Lipinski definition) is 0. The van der Waals surface area contributed by atoms with E-state index in [0.29, 0.717) is 11.5 Å². The molecule has 5 aromatic heterocycles. The molecule has 0 aliphatic carbocycles. The summed E-state index contributed by atoms with van der Waals surface area (Å²) in [4.78, 5) is 4.99. The Bertz CT molecular complexity index is 4300. The average molecular weight is 1080 g/mol. The molecule has 9 aromatic carbocycles. The van der Waals surface area contributed by atoms with Crippen molar-refractivity contribution in [1.82, 2.24) is 23.3 Å². The molecule has 336 valence electrons. The van der Waals surface area contributed by atoms with Gasteiger partial charge in [-0.15, -0.1) is 29.7 Å². The number of nitrogens with zero attached hydrogens (tertiary/aromatic N) is 6. The Balaban J connectivity index is 0.00000480. The van der Waals surface area contributed by atoms with Gasteiger partial charge < -0.3 is 23.0 Å². The molecule has 0 aliphatic rings. The van der Waals surface area contributed by atoms with Crippen molar-refractivity contribution < 1.29 is 30.4 Å². The minimum atomic E-state index is 0. The Kier molecular flexibility index (Phi) is 9.72. The second kappa shape index (κ2) is 16.3. The second-order valence-corrected chi connectivity index (χ2v) is 17.6. The van der Waals surface area contributed by atoms with E-state index in [-0.39, 0.29) is 21.1 Å². The normalized spacial score (nSPS) is 11.7. The molecule has 0 spiro atoms. The third-order valence-electron chi connectivity index (χ3n) is 13.9. The summed E-state index contributed by atoms with van der Waals surface area (Å²) in [5, 5.41) is 7.00. The van der Waals surface area contributed by atoms with E-state index in [0.717, 1.165) is 72.3 Å². The number of benzene rings is 9. The first-order valence-electron chi connectivity index (χ1n) is 23.2. The van der Waals surface area contributed by atoms with Gasteiger partial charge in [0.15, 0.2) is 0 Å². The van der Waals surface area contributed by atoms with Gasteiger partial charge in [-0.2, -0.15) is 18.2 Å². The Labute approximate surface area is 417 Å². The van der Waals surface area contributed by atoms with Crippen LogP contribution >= 0.6 is 0 Å². The molecule has 70 heavy (non-hydrogen) atoms. The molecule has 0 saturated carbocycles. The summed E-state index contributed by atoms with van der Waals surface area (Å²) < 4.78 is 18.1. The van der Waals surface area contributed by atoms with Gasteiger partial charge in [0.05, 0.1) is 33.3 Å². The summed E-state index contributed by atoms with van der Waals surface area (Å²) >= 11 is 0. The van der Waals surface area contributed by atoms with Gasteiger partial charge in [0.1, 0.15) is 5.82 Å². The van der Waals surface area contributed by atoms with Gasteiger partial charge in [0, 0.05) is 85.4 Å². The molecule has 0 saturated heterocycles. The Morgan fingerprint density at radius 3 is 1.73 bits per heavy atom. The van der Waals surface area contributed by atoms with Crippen LogP contribution in [-0.2, 0) is 35.2 Å². The smallest absolute Gasteiger partial charge is 0.268 e. The van der Waals surface area contributed by atoms with E-state index in [1.165, 1.54) is 43.6 Å². The number of ether oxygens (including phenoxy) is 1. The molecule has 14 aromatic rings. The van der Waals surface area contributed by atoms with Gasteiger partial charge in [-0.05, 0) is 57.6 Å². The maximum Gasteiger partial charge on any atom is 0.268 e. The van der Waals surface area contributed by atoms with Gasteiger partial charge in [-0.1, -0.05) is 151 Å². The SMILES string of the molecule is Cn1c2ccccc2c2c3c4ccc(Oc5[c-]c(-[n+]6[c-]n(-c7c(-c8ccccc8)cccc7-c7ccccc7)c7ccccc76)ccc5)[c-]c4n(-c4ccccn4)c3c3c4ccccc4n(C)c3c21.[Pt]. The van der Waals surface area contributed by atoms with Crippen molar-refractivity contribution in [2.24, 2.45) is 14.1 Å². The van der Waals surface area contributed by atoms with Crippen molar-refractivity contribution in [1.29, 1.82) is 0 Å². The van der Waals surface area contributed by atoms with Crippen LogP contribution in [0.1, 0.15) is 0 Å². The van der Waals surface area contributed by atoms with Gasteiger partial charge in [0.25, 0.3) is 6.33 Å². The molecule has 5 heterocycles. The molecule has 0 amide bonds. The first-order valence-corrected chi connectivity index (χ1v) is 23.2. The zero-order valence-corrected chi connectivity index (χ0v) is 40.3. The number of para-hydroxylation sites is 5. The molecule has 0 bridgehead atoms. The van der Waals surface area contributed by atoms with Gasteiger partial charge >= 0.3 is 0 Å². The summed E-state index contributed by atoms with van der Waals surface area (Å²) in [6, 6.07) is 77.3. The van der Waals surface area contributed by atoms with Crippen LogP contribution < -0.4 is 9.30 Å². The molecule has 0 aliphatic heterocycles. The topological polar surface area (TPSA) is 45.7 Å². The fraction of sp³-hybridized carbons (Fsp3) is 0.0323. The van der Waals surface area contributed by atoms with Crippen molar-refractivity contribution in [3.05, 3.63) is 225 Å². The number of imidazole rings is 1. The Morgan fingerprint density at radius 2 is 1.04 bits per heavy atom. The first-order chi connectivity index (χ1) is 34.1. The monoisotopic (exact) mass is 1080 g/mol. The van der Waals surface area contributed by atoms with Crippen molar-refractivity contribution in [3.8, 4) is 50.9 Å². The fourth-order valence-corrected chi connectivity index (χ4v) is 10.9. The minimum Gasteiger partial charge on any atom is -0.510 e. The van der Waals surface area contributed by atoms with Gasteiger partial charge in [0.2, 0.25) is 0 Å². The summed E-state index contributed by atoms with van der Waals surface area (Å²) in [6.45, 7) is 0. The molecule has 7 nitrogen and oxygen atoms in total. The van der Waals surface area contributed by atoms with Crippen molar-refractivity contribution >= 4 is 76.5 Å². The number of hydrogen-bond acceptors (Lipinski definition) is 2. The molecule has 14 rings (SSSR count). The van der Waals surface area contributed by atoms with E-state index in [2.05, 4.69) is 225 Å². The first kappa shape index (κ1) is 41.7. The summed E-state index contributed by atoms with van der Waals surface area (Å²) in [5.41, 5.74) is 15.0. The van der Waals surface area contributed by atoms with Crippen molar-refractivity contribution in [2.75, 3.05) is 0 Å². The third-order valence-corrected chi connectivity index (χ3v) is 13.9. The Morgan fingerprint density at radius 1 is 0.471 bits per heavy atom. The molecular weight excluding hydrogens is 1040 g/mol. The number of rotatable bonds is 7. The van der Waals surface area contributed by atoms with Crippen LogP contribution in [0.4, 0.5) is 0 Å². The van der Waals surface area contributed by atoms with Crippen LogP contribution in [0, 0.1) is 18.5 Å². The third kappa shape index (κ3) is 6.18. The maximum atomic E-state index is 6.83. The molecule has 8 heteroatoms. The quantitative estimate of drug-likeness (QED) is 0.118. The van der Waals surface area contributed by atoms with E-state index in [1.807, 2.05) is 36.5 Å². The molecule has 0 N–H and O–H groups in total. The summed E-state index contributed by atoms with van der Waals surface area (Å²) in [6.07, 6.45) is 5.64. The van der Waals surface area contributed by atoms with Gasteiger partial charge in [-0.3, -0.25) is 4.57 Å². The van der Waals surface area contributed by atoms with Crippen LogP contribution in [-0.4, -0.2) is 23.3 Å². The molecule has 0 atom stereocenters. The average Bonchev–Trinajstić information content (AvgIpc) is 4.13. The van der Waals surface area contributed by atoms with Crippen LogP contribution in [0.3, 0.4) is 0 Å². The fourth-order valence-electron chi connectivity index (χ4n) is 10.9. The van der Waals surface area contributed by atoms with Crippen LogP contribution in [0.5, 0.6) is 11.5 Å². The predicted molar refractivity (Wildman–Crippen MR) is 279 cm³/mol. The number of pyridine rings is 1. The number of aromatic nitrogens is 6. The summed E-state index contributed by atoms with van der Waals surface area (Å²) in [7, 11) is 4.37. The van der Waals surface area contributed by atoms with Crippen LogP contribution in [0.2, 0.25) is 0 Å². The largest absolute Gasteiger partial charge is 0.510 e. The second-order valence-electron chi connectivity index (χ2n) is 17.6. The minimum absolute atomic E-state index is 0. The van der Waals surface area contributed by atoms with E-state index in [1.54, 1.807) is 0 Å². The summed E-state index contributed by atoms with van der Waals surface area (Å²) in [5.74, 6) is 1.93. The molecule has 0 fully saturated rings. The molecule has 0 radical (unpaired) electrons. The molecular formula is C62H40N6OPt-2. The van der Waals surface area contributed by atoms with E-state index < -0.39 is 0 Å². The Hall–Kier alpha value is -8.51. The number of fused-ring (bicyclic) bond motifs is 13. The van der Waals surface area contributed by atoms with Crippen LogP contribution in [0.25, 0.3) is 116 Å². The molecule has 0 unspecified atom stereocenters. The van der Waals surface area contributed by atoms with E-state index in [4.69, 9.17) is 9.72 Å². The standard InChI is InChI=1S/C62H40N6O.Pt/c1-64-50-29-11-9-25-47(50)57-56-49-35-34-44(38-54(49)68(55-33-15-16-36-63-55)60(56)58-48-26-10-12-30-51(48)65(2)62(58)61(57)64)69-43-24-17-23-42(37-43)66-39-67(53-32-14-13-31-52(53)66)59-45(40-19-5-3-6-20-40)27-18-28-46(59)41-21-7-4-8-22-41;/h3-36H,1-2H3;/q-2;. The zero-order valence-electron chi connectivity index (χ0n) is 38.0. The van der Waals surface area contributed by atoms with E-state index >= 15 is 0 Å².